The molecule has 0 aliphatic carbocycles. The molecule has 3 rings (SSSR count). The molecule has 0 bridgehead atoms. The average molecular weight is 498 g/mol. The Kier molecular flexibility index (Phi) is 6.09. The number of nitro benzene ring substituents is 1. The number of nitro groups is 1. The highest BCUT2D eigenvalue weighted by Crippen LogP contribution is 2.41. The number of nitrogens with one attached hydrogen (secondary N) is 1. The number of sulfonamides is 1. The number of rotatable bonds is 5. The zero-order valence-corrected chi connectivity index (χ0v) is 18.1. The molecule has 0 fully saturated rings. The molecule has 0 atom stereocenters. The first-order valence-corrected chi connectivity index (χ1v) is 11.2. The molecule has 12 heteroatoms. The topological polar surface area (TPSA) is 89.3 Å². The highest BCUT2D eigenvalue weighted by atomic mass is 35.5. The molecule has 6 nitrogen and oxygen atoms in total. The monoisotopic (exact) mass is 496 g/mol. The highest BCUT2D eigenvalue weighted by Gasteiger charge is 2.25. The zero-order chi connectivity index (χ0) is 20.6. The summed E-state index contributed by atoms with van der Waals surface area (Å²) in [5, 5.41) is 12.8. The maximum atomic E-state index is 12.8. The van der Waals surface area contributed by atoms with Crippen LogP contribution in [0.4, 0.5) is 11.4 Å². The van der Waals surface area contributed by atoms with Gasteiger partial charge >= 0.3 is 0 Å². The number of hydrogen-bond acceptors (Lipinski definition) is 5. The van der Waals surface area contributed by atoms with Crippen LogP contribution in [0, 0.1) is 10.1 Å². The summed E-state index contributed by atoms with van der Waals surface area (Å²) >= 11 is 25.2. The van der Waals surface area contributed by atoms with E-state index in [1.54, 1.807) is 5.38 Å². The minimum Gasteiger partial charge on any atom is -0.278 e. The van der Waals surface area contributed by atoms with Crippen LogP contribution in [-0.4, -0.2) is 13.3 Å². The fourth-order valence-electron chi connectivity index (χ4n) is 2.38. The SMILES string of the molecule is O=[N+]([O-])c1ccc(Cl)c(-c2sccc2NS(=O)(=O)c2c(Cl)cc(Cl)cc2Cl)c1. The summed E-state index contributed by atoms with van der Waals surface area (Å²) in [6.45, 7) is 0. The van der Waals surface area contributed by atoms with Gasteiger partial charge in [-0.1, -0.05) is 46.4 Å². The second-order valence-electron chi connectivity index (χ2n) is 5.39. The van der Waals surface area contributed by atoms with Crippen molar-refractivity contribution in [2.45, 2.75) is 4.90 Å². The summed E-state index contributed by atoms with van der Waals surface area (Å²) in [6, 6.07) is 7.93. The van der Waals surface area contributed by atoms with Crippen molar-refractivity contribution in [3.63, 3.8) is 0 Å². The number of benzene rings is 2. The second-order valence-corrected chi connectivity index (χ2v) is 9.58. The minimum atomic E-state index is -4.17. The van der Waals surface area contributed by atoms with E-state index in [9.17, 15) is 18.5 Å². The summed E-state index contributed by atoms with van der Waals surface area (Å²) in [5.41, 5.74) is 0.316. The number of non-ortho nitro benzene ring substituents is 1. The standard InChI is InChI=1S/C16H8Cl4N2O4S2/c17-8-5-12(19)16(13(20)6-8)28(25,26)21-14-3-4-27-15(14)10-7-9(22(23)24)1-2-11(10)18/h1-7,21H. The lowest BCUT2D eigenvalue weighted by Crippen LogP contribution is -2.14. The molecule has 3 aromatic rings. The van der Waals surface area contributed by atoms with Crippen molar-refractivity contribution < 1.29 is 13.3 Å². The van der Waals surface area contributed by atoms with Crippen LogP contribution in [0.15, 0.2) is 46.7 Å². The Bertz CT molecular complexity index is 1170. The summed E-state index contributed by atoms with van der Waals surface area (Å²) < 4.78 is 28.1. The van der Waals surface area contributed by atoms with Gasteiger partial charge in [0.05, 0.1) is 25.5 Å². The van der Waals surface area contributed by atoms with Gasteiger partial charge in [-0.25, -0.2) is 8.42 Å². The summed E-state index contributed by atoms with van der Waals surface area (Å²) in [4.78, 5) is 10.6. The molecule has 1 N–H and O–H groups in total. The minimum absolute atomic E-state index is 0.143. The van der Waals surface area contributed by atoms with Crippen molar-refractivity contribution in [3.8, 4) is 10.4 Å². The predicted molar refractivity (Wildman–Crippen MR) is 114 cm³/mol. The Hall–Kier alpha value is -1.55. The first-order chi connectivity index (χ1) is 13.1. The molecule has 2 aromatic carbocycles. The second kappa shape index (κ2) is 8.06. The largest absolute Gasteiger partial charge is 0.278 e. The average Bonchev–Trinajstić information content (AvgIpc) is 3.00. The van der Waals surface area contributed by atoms with Gasteiger partial charge in [-0.05, 0) is 29.6 Å². The van der Waals surface area contributed by atoms with Crippen molar-refractivity contribution >= 4 is 79.1 Å². The van der Waals surface area contributed by atoms with Crippen LogP contribution in [0.5, 0.6) is 0 Å². The Labute approximate surface area is 183 Å². The van der Waals surface area contributed by atoms with Gasteiger partial charge in [0.25, 0.3) is 15.7 Å². The van der Waals surface area contributed by atoms with Gasteiger partial charge < -0.3 is 0 Å². The fraction of sp³-hybridized carbons (Fsp3) is 0. The molecule has 0 spiro atoms. The van der Waals surface area contributed by atoms with E-state index >= 15 is 0 Å². The van der Waals surface area contributed by atoms with E-state index < -0.39 is 14.9 Å². The third-order valence-corrected chi connectivity index (χ3v) is 7.33. The lowest BCUT2D eigenvalue weighted by Gasteiger charge is -2.12. The van der Waals surface area contributed by atoms with Crippen molar-refractivity contribution in [1.29, 1.82) is 0 Å². The molecule has 146 valence electrons. The van der Waals surface area contributed by atoms with Crippen molar-refractivity contribution in [3.05, 3.63) is 72.0 Å². The fourth-order valence-corrected chi connectivity index (χ4v) is 6.21. The van der Waals surface area contributed by atoms with Crippen LogP contribution >= 0.6 is 57.7 Å². The molecule has 0 saturated heterocycles. The number of halogens is 4. The zero-order valence-electron chi connectivity index (χ0n) is 13.5. The van der Waals surface area contributed by atoms with Gasteiger partial charge in [-0.3, -0.25) is 14.8 Å². The van der Waals surface area contributed by atoms with Crippen LogP contribution in [-0.2, 0) is 10.0 Å². The number of nitrogens with zero attached hydrogens (tertiary/aromatic N) is 1. The molecule has 1 heterocycles. The van der Waals surface area contributed by atoms with Gasteiger partial charge in [0.15, 0.2) is 0 Å². The van der Waals surface area contributed by atoms with Crippen molar-refractivity contribution in [2.75, 3.05) is 4.72 Å². The maximum Gasteiger partial charge on any atom is 0.270 e. The molecule has 0 radical (unpaired) electrons. The van der Waals surface area contributed by atoms with E-state index in [-0.39, 0.29) is 36.4 Å². The lowest BCUT2D eigenvalue weighted by atomic mass is 10.1. The van der Waals surface area contributed by atoms with Crippen LogP contribution < -0.4 is 4.72 Å². The summed E-state index contributed by atoms with van der Waals surface area (Å²) in [6.07, 6.45) is 0. The highest BCUT2D eigenvalue weighted by molar-refractivity contribution is 7.93. The van der Waals surface area contributed by atoms with Gasteiger partial charge in [0.2, 0.25) is 0 Å². The Balaban J connectivity index is 2.07. The Morgan fingerprint density at radius 1 is 0.964 bits per heavy atom. The van der Waals surface area contributed by atoms with E-state index in [0.717, 1.165) is 11.3 Å². The van der Waals surface area contributed by atoms with E-state index in [2.05, 4.69) is 4.72 Å². The van der Waals surface area contributed by atoms with E-state index in [1.807, 2.05) is 0 Å². The molecule has 28 heavy (non-hydrogen) atoms. The third-order valence-electron chi connectivity index (χ3n) is 3.55. The molecule has 1 aromatic heterocycles. The van der Waals surface area contributed by atoms with E-state index in [4.69, 9.17) is 46.4 Å². The van der Waals surface area contributed by atoms with E-state index in [0.29, 0.717) is 10.4 Å². The first kappa shape index (κ1) is 21.2. The Morgan fingerprint density at radius 2 is 1.61 bits per heavy atom. The number of anilines is 1. The van der Waals surface area contributed by atoms with Gasteiger partial charge in [-0.2, -0.15) is 0 Å². The normalized spacial score (nSPS) is 11.4. The third kappa shape index (κ3) is 4.22. The van der Waals surface area contributed by atoms with Gasteiger partial charge in [0.1, 0.15) is 4.90 Å². The van der Waals surface area contributed by atoms with Crippen molar-refractivity contribution in [2.24, 2.45) is 0 Å². The molecule has 0 aliphatic heterocycles. The van der Waals surface area contributed by atoms with Crippen LogP contribution in [0.1, 0.15) is 0 Å². The molecule has 0 aliphatic rings. The number of thiophene rings is 1. The smallest absolute Gasteiger partial charge is 0.270 e. The molecule has 0 saturated carbocycles. The molecular formula is C16H8Cl4N2O4S2. The summed E-state index contributed by atoms with van der Waals surface area (Å²) in [7, 11) is -4.17. The van der Waals surface area contributed by atoms with Crippen LogP contribution in [0.2, 0.25) is 20.1 Å². The Morgan fingerprint density at radius 3 is 2.21 bits per heavy atom. The molecular weight excluding hydrogens is 490 g/mol. The predicted octanol–water partition coefficient (Wildman–Crippen LogP) is 6.74. The van der Waals surface area contributed by atoms with Crippen LogP contribution in [0.25, 0.3) is 10.4 Å². The molecule has 0 unspecified atom stereocenters. The summed E-state index contributed by atoms with van der Waals surface area (Å²) in [5.74, 6) is 0. The van der Waals surface area contributed by atoms with E-state index in [1.165, 1.54) is 36.4 Å². The molecule has 0 amide bonds. The van der Waals surface area contributed by atoms with Crippen LogP contribution in [0.3, 0.4) is 0 Å². The van der Waals surface area contributed by atoms with Gasteiger partial charge in [-0.15, -0.1) is 11.3 Å². The first-order valence-electron chi connectivity index (χ1n) is 7.29. The lowest BCUT2D eigenvalue weighted by molar-refractivity contribution is -0.384. The van der Waals surface area contributed by atoms with Gasteiger partial charge in [0, 0.05) is 27.7 Å². The maximum absolute atomic E-state index is 12.8. The van der Waals surface area contributed by atoms with Crippen molar-refractivity contribution in [1.82, 2.24) is 0 Å². The quantitative estimate of drug-likeness (QED) is 0.312. The number of hydrogen-bond donors (Lipinski definition) is 1.